The van der Waals surface area contributed by atoms with Crippen molar-refractivity contribution < 1.29 is 19.8 Å². The predicted octanol–water partition coefficient (Wildman–Crippen LogP) is -0.539. The van der Waals surface area contributed by atoms with Gasteiger partial charge in [-0.05, 0) is 25.9 Å². The number of carboxylic acids is 1. The quantitative estimate of drug-likeness (QED) is 0.539. The summed E-state index contributed by atoms with van der Waals surface area (Å²) in [7, 11) is 2.06. The monoisotopic (exact) mass is 273 g/mol. The third-order valence-electron chi connectivity index (χ3n) is 3.41. The summed E-state index contributed by atoms with van der Waals surface area (Å²) in [5, 5.41) is 23.0. The van der Waals surface area contributed by atoms with E-state index in [1.54, 1.807) is 0 Å². The summed E-state index contributed by atoms with van der Waals surface area (Å²) in [6.07, 6.45) is -0.517. The van der Waals surface area contributed by atoms with Gasteiger partial charge in [-0.3, -0.25) is 0 Å². The lowest BCUT2D eigenvalue weighted by molar-refractivity contribution is -0.146. The highest BCUT2D eigenvalue weighted by atomic mass is 16.4. The molecule has 0 bridgehead atoms. The lowest BCUT2D eigenvalue weighted by Gasteiger charge is -2.35. The molecule has 0 radical (unpaired) electrons. The average Bonchev–Trinajstić information content (AvgIpc) is 2.32. The van der Waals surface area contributed by atoms with Gasteiger partial charge in [0.15, 0.2) is 6.10 Å². The molecule has 0 saturated carbocycles. The number of nitrogens with zero attached hydrogens (tertiary/aromatic N) is 1. The number of amides is 2. The molecular weight excluding hydrogens is 250 g/mol. The van der Waals surface area contributed by atoms with Gasteiger partial charge in [-0.1, -0.05) is 6.92 Å². The molecule has 7 nitrogen and oxygen atoms in total. The molecule has 110 valence electrons. The summed E-state index contributed by atoms with van der Waals surface area (Å²) < 4.78 is 0. The molecule has 1 fully saturated rings. The van der Waals surface area contributed by atoms with E-state index in [0.29, 0.717) is 5.92 Å². The number of rotatable bonds is 5. The summed E-state index contributed by atoms with van der Waals surface area (Å²) in [5.41, 5.74) is 0. The zero-order chi connectivity index (χ0) is 14.4. The number of carbonyl (C=O) groups is 2. The molecule has 1 rings (SSSR count). The van der Waals surface area contributed by atoms with E-state index in [4.69, 9.17) is 10.2 Å². The highest BCUT2D eigenvalue weighted by Crippen LogP contribution is 2.14. The van der Waals surface area contributed by atoms with E-state index in [1.807, 2.05) is 0 Å². The zero-order valence-corrected chi connectivity index (χ0v) is 11.4. The number of carboxylic acid groups (broad SMARTS) is 1. The fraction of sp³-hybridized carbons (Fsp3) is 0.833. The number of carbonyl (C=O) groups excluding carboxylic acids is 1. The maximum Gasteiger partial charge on any atom is 0.332 e. The number of likely N-dealkylation sites (tertiary alicyclic amines) is 1. The molecule has 1 aliphatic rings. The Kier molecular flexibility index (Phi) is 6.04. The highest BCUT2D eigenvalue weighted by Gasteiger charge is 2.25. The van der Waals surface area contributed by atoms with Crippen molar-refractivity contribution in [2.45, 2.75) is 31.9 Å². The predicted molar refractivity (Wildman–Crippen MR) is 69.9 cm³/mol. The largest absolute Gasteiger partial charge is 0.479 e. The normalized spacial score (nSPS) is 25.6. The van der Waals surface area contributed by atoms with Gasteiger partial charge in [-0.2, -0.15) is 0 Å². The van der Waals surface area contributed by atoms with Crippen molar-refractivity contribution in [1.82, 2.24) is 15.5 Å². The van der Waals surface area contributed by atoms with Crippen LogP contribution in [0.2, 0.25) is 0 Å². The van der Waals surface area contributed by atoms with E-state index in [0.717, 1.165) is 19.5 Å². The molecule has 1 aliphatic heterocycles. The lowest BCUT2D eigenvalue weighted by atomic mass is 9.94. The number of nitrogens with one attached hydrogen (secondary N) is 2. The van der Waals surface area contributed by atoms with Crippen molar-refractivity contribution >= 4 is 12.0 Å². The van der Waals surface area contributed by atoms with E-state index in [-0.39, 0.29) is 25.0 Å². The third kappa shape index (κ3) is 5.44. The average molecular weight is 273 g/mol. The van der Waals surface area contributed by atoms with Crippen LogP contribution in [0.1, 0.15) is 19.8 Å². The molecule has 0 aromatic carbocycles. The molecule has 0 aliphatic carbocycles. The number of aliphatic hydroxyl groups is 1. The zero-order valence-electron chi connectivity index (χ0n) is 11.4. The number of piperidine rings is 1. The van der Waals surface area contributed by atoms with E-state index in [9.17, 15) is 9.59 Å². The summed E-state index contributed by atoms with van der Waals surface area (Å²) in [6.45, 7) is 4.13. The van der Waals surface area contributed by atoms with Crippen LogP contribution in [-0.2, 0) is 4.79 Å². The lowest BCUT2D eigenvalue weighted by Crippen LogP contribution is -2.51. The molecule has 19 heavy (non-hydrogen) atoms. The van der Waals surface area contributed by atoms with Crippen LogP contribution >= 0.6 is 0 Å². The maximum absolute atomic E-state index is 11.6. The van der Waals surface area contributed by atoms with Gasteiger partial charge in [0.25, 0.3) is 0 Å². The van der Waals surface area contributed by atoms with Gasteiger partial charge in [-0.25, -0.2) is 9.59 Å². The van der Waals surface area contributed by atoms with Crippen LogP contribution in [0.5, 0.6) is 0 Å². The van der Waals surface area contributed by atoms with Crippen molar-refractivity contribution in [3.8, 4) is 0 Å². The van der Waals surface area contributed by atoms with Gasteiger partial charge in [0.2, 0.25) is 0 Å². The van der Waals surface area contributed by atoms with Crippen LogP contribution in [0.4, 0.5) is 4.79 Å². The fourth-order valence-corrected chi connectivity index (χ4v) is 2.23. The molecule has 1 heterocycles. The highest BCUT2D eigenvalue weighted by molar-refractivity contribution is 5.74. The van der Waals surface area contributed by atoms with Gasteiger partial charge in [-0.15, -0.1) is 0 Å². The van der Waals surface area contributed by atoms with Crippen molar-refractivity contribution in [1.29, 1.82) is 0 Å². The third-order valence-corrected chi connectivity index (χ3v) is 3.41. The van der Waals surface area contributed by atoms with E-state index >= 15 is 0 Å². The van der Waals surface area contributed by atoms with Gasteiger partial charge in [0.05, 0.1) is 0 Å². The molecule has 3 unspecified atom stereocenters. The summed E-state index contributed by atoms with van der Waals surface area (Å²) >= 11 is 0. The fourth-order valence-electron chi connectivity index (χ4n) is 2.23. The van der Waals surface area contributed by atoms with Gasteiger partial charge < -0.3 is 25.7 Å². The SMILES string of the molecule is CC1CN(C)CCC1NC(=O)NCCC(O)C(=O)O. The smallest absolute Gasteiger partial charge is 0.332 e. The minimum Gasteiger partial charge on any atom is -0.479 e. The number of hydrogen-bond acceptors (Lipinski definition) is 4. The van der Waals surface area contributed by atoms with Gasteiger partial charge in [0, 0.05) is 25.6 Å². The van der Waals surface area contributed by atoms with Crippen LogP contribution in [0, 0.1) is 5.92 Å². The summed E-state index contributed by atoms with van der Waals surface area (Å²) in [4.78, 5) is 24.2. The minimum absolute atomic E-state index is 0.00567. The Labute approximate surface area is 113 Å². The van der Waals surface area contributed by atoms with Crippen molar-refractivity contribution in [2.75, 3.05) is 26.7 Å². The van der Waals surface area contributed by atoms with Crippen molar-refractivity contribution in [2.24, 2.45) is 5.92 Å². The van der Waals surface area contributed by atoms with Crippen molar-refractivity contribution in [3.63, 3.8) is 0 Å². The van der Waals surface area contributed by atoms with E-state index in [1.165, 1.54) is 0 Å². The molecule has 3 atom stereocenters. The summed E-state index contributed by atoms with van der Waals surface area (Å²) in [5.74, 6) is -0.889. The van der Waals surface area contributed by atoms with Gasteiger partial charge >= 0.3 is 12.0 Å². The molecule has 2 amide bonds. The molecule has 0 aromatic heterocycles. The number of aliphatic carboxylic acids is 1. The second kappa shape index (κ2) is 7.30. The number of urea groups is 1. The van der Waals surface area contributed by atoms with Crippen molar-refractivity contribution in [3.05, 3.63) is 0 Å². The second-order valence-corrected chi connectivity index (χ2v) is 5.18. The van der Waals surface area contributed by atoms with E-state index in [2.05, 4.69) is 29.5 Å². The van der Waals surface area contributed by atoms with Crippen LogP contribution < -0.4 is 10.6 Å². The minimum atomic E-state index is -1.43. The standard InChI is InChI=1S/C12H23N3O4/c1-8-7-15(2)6-4-9(8)14-12(19)13-5-3-10(16)11(17)18/h8-10,16H,3-7H2,1-2H3,(H,17,18)(H2,13,14,19). The number of aliphatic hydroxyl groups excluding tert-OH is 1. The first-order chi connectivity index (χ1) is 8.90. The summed E-state index contributed by atoms with van der Waals surface area (Å²) in [6, 6.07) is -0.167. The molecule has 0 aromatic rings. The first kappa shape index (κ1) is 15.7. The topological polar surface area (TPSA) is 102 Å². The van der Waals surface area contributed by atoms with Gasteiger partial charge in [0.1, 0.15) is 0 Å². The maximum atomic E-state index is 11.6. The van der Waals surface area contributed by atoms with E-state index < -0.39 is 12.1 Å². The Bertz CT molecular complexity index is 324. The van der Waals surface area contributed by atoms with Crippen LogP contribution in [0.25, 0.3) is 0 Å². The van der Waals surface area contributed by atoms with Crippen LogP contribution in [0.3, 0.4) is 0 Å². The molecular formula is C12H23N3O4. The molecule has 0 spiro atoms. The Morgan fingerprint density at radius 2 is 2.16 bits per heavy atom. The Morgan fingerprint density at radius 1 is 1.47 bits per heavy atom. The number of hydrogen-bond donors (Lipinski definition) is 4. The Hall–Kier alpha value is -1.34. The Balaban J connectivity index is 2.22. The van der Waals surface area contributed by atoms with Crippen LogP contribution in [0.15, 0.2) is 0 Å². The molecule has 7 heteroatoms. The first-order valence-corrected chi connectivity index (χ1v) is 6.54. The molecule has 1 saturated heterocycles. The first-order valence-electron chi connectivity index (χ1n) is 6.54. The molecule has 4 N–H and O–H groups in total. The van der Waals surface area contributed by atoms with Crippen LogP contribution in [-0.4, -0.2) is 65.9 Å². The second-order valence-electron chi connectivity index (χ2n) is 5.18. The Morgan fingerprint density at radius 3 is 2.74 bits per heavy atom.